The largest absolute Gasteiger partial charge is 0.343 e. The number of nitrogens with zero attached hydrogens (tertiary/aromatic N) is 1. The topological polar surface area (TPSA) is 49.4 Å². The van der Waals surface area contributed by atoms with Crippen LogP contribution in [0.15, 0.2) is 107 Å². The summed E-state index contributed by atoms with van der Waals surface area (Å²) < 4.78 is 0. The average Bonchev–Trinajstić information content (AvgIpc) is 2.84. The number of carbonyl (C=O) groups is 2. The second-order valence-corrected chi connectivity index (χ2v) is 8.62. The molecule has 0 unspecified atom stereocenters. The third kappa shape index (κ3) is 3.79. The van der Waals surface area contributed by atoms with Crippen molar-refractivity contribution in [3.63, 3.8) is 0 Å². The molecule has 1 aliphatic heterocycles. The van der Waals surface area contributed by atoms with E-state index >= 15 is 0 Å². The van der Waals surface area contributed by atoms with Crippen LogP contribution in [0.5, 0.6) is 0 Å². The van der Waals surface area contributed by atoms with Crippen molar-refractivity contribution in [3.8, 4) is 0 Å². The second kappa shape index (κ2) is 8.36. The first-order valence-electron chi connectivity index (χ1n) is 10.3. The predicted octanol–water partition coefficient (Wildman–Crippen LogP) is 6.40. The molecule has 1 heterocycles. The van der Waals surface area contributed by atoms with Gasteiger partial charge in [-0.05, 0) is 42.5 Å². The van der Waals surface area contributed by atoms with E-state index in [4.69, 9.17) is 0 Å². The van der Waals surface area contributed by atoms with Crippen LogP contribution in [0, 0.1) is 0 Å². The zero-order valence-electron chi connectivity index (χ0n) is 17.4. The van der Waals surface area contributed by atoms with Gasteiger partial charge in [-0.1, -0.05) is 66.4 Å². The molecule has 0 aromatic heterocycles. The summed E-state index contributed by atoms with van der Waals surface area (Å²) in [6.07, 6.45) is 0. The maximum absolute atomic E-state index is 12.8. The molecule has 0 spiro atoms. The van der Waals surface area contributed by atoms with Gasteiger partial charge in [0, 0.05) is 39.2 Å². The van der Waals surface area contributed by atoms with E-state index in [1.54, 1.807) is 48.2 Å². The molecule has 0 saturated carbocycles. The summed E-state index contributed by atoms with van der Waals surface area (Å²) in [5.74, 6) is -0.271. The second-order valence-electron chi connectivity index (χ2n) is 7.54. The van der Waals surface area contributed by atoms with Crippen LogP contribution in [0.3, 0.4) is 0 Å². The zero-order chi connectivity index (χ0) is 22.1. The highest BCUT2D eigenvalue weighted by molar-refractivity contribution is 7.99. The molecule has 0 aliphatic carbocycles. The minimum atomic E-state index is -0.210. The lowest BCUT2D eigenvalue weighted by Crippen LogP contribution is -2.16. The van der Waals surface area contributed by atoms with E-state index in [-0.39, 0.29) is 11.7 Å². The molecule has 156 valence electrons. The van der Waals surface area contributed by atoms with E-state index in [0.717, 1.165) is 16.3 Å². The molecule has 1 aliphatic rings. The van der Waals surface area contributed by atoms with Gasteiger partial charge in [0.05, 0.1) is 11.4 Å². The average molecular weight is 437 g/mol. The van der Waals surface area contributed by atoms with Gasteiger partial charge >= 0.3 is 0 Å². The molecule has 1 amide bonds. The van der Waals surface area contributed by atoms with Crippen molar-refractivity contribution in [1.82, 2.24) is 0 Å². The highest BCUT2D eigenvalue weighted by Crippen LogP contribution is 2.47. The van der Waals surface area contributed by atoms with Crippen molar-refractivity contribution in [1.29, 1.82) is 0 Å². The SMILES string of the molecule is CN1c2ccccc2Sc2cc(NC(=O)c3ccc(C(=O)c4ccccc4)cc3)ccc21. The van der Waals surface area contributed by atoms with Crippen molar-refractivity contribution in [2.24, 2.45) is 0 Å². The molecule has 5 rings (SSSR count). The number of hydrogen-bond donors (Lipinski definition) is 1. The number of anilines is 3. The Labute approximate surface area is 190 Å². The van der Waals surface area contributed by atoms with Crippen molar-refractivity contribution in [2.75, 3.05) is 17.3 Å². The van der Waals surface area contributed by atoms with Crippen LogP contribution in [0.2, 0.25) is 0 Å². The molecular weight excluding hydrogens is 416 g/mol. The van der Waals surface area contributed by atoms with Crippen LogP contribution in [-0.4, -0.2) is 18.7 Å². The number of benzene rings is 4. The molecule has 0 bridgehead atoms. The van der Waals surface area contributed by atoms with E-state index in [9.17, 15) is 9.59 Å². The first-order chi connectivity index (χ1) is 15.6. The lowest BCUT2D eigenvalue weighted by Gasteiger charge is -2.29. The Bertz CT molecular complexity index is 1320. The number of rotatable bonds is 4. The molecular formula is C27H20N2O2S. The maximum atomic E-state index is 12.8. The van der Waals surface area contributed by atoms with Crippen LogP contribution in [0.25, 0.3) is 0 Å². The number of nitrogens with one attached hydrogen (secondary N) is 1. The normalized spacial score (nSPS) is 12.0. The van der Waals surface area contributed by atoms with E-state index in [2.05, 4.69) is 22.3 Å². The Kier molecular flexibility index (Phi) is 5.25. The number of carbonyl (C=O) groups excluding carboxylic acids is 2. The van der Waals surface area contributed by atoms with E-state index in [0.29, 0.717) is 16.7 Å². The van der Waals surface area contributed by atoms with Gasteiger partial charge in [0.1, 0.15) is 0 Å². The predicted molar refractivity (Wildman–Crippen MR) is 129 cm³/mol. The van der Waals surface area contributed by atoms with Crippen molar-refractivity contribution >= 4 is 40.5 Å². The lowest BCUT2D eigenvalue weighted by atomic mass is 10.0. The molecule has 5 heteroatoms. The Morgan fingerprint density at radius 3 is 2.09 bits per heavy atom. The highest BCUT2D eigenvalue weighted by atomic mass is 32.2. The van der Waals surface area contributed by atoms with Crippen molar-refractivity contribution in [3.05, 3.63) is 114 Å². The van der Waals surface area contributed by atoms with Crippen LogP contribution in [0.4, 0.5) is 17.1 Å². The molecule has 0 fully saturated rings. The molecule has 4 nitrogen and oxygen atoms in total. The maximum Gasteiger partial charge on any atom is 0.255 e. The fourth-order valence-electron chi connectivity index (χ4n) is 3.75. The summed E-state index contributed by atoms with van der Waals surface area (Å²) in [5, 5.41) is 2.97. The Balaban J connectivity index is 1.32. The zero-order valence-corrected chi connectivity index (χ0v) is 18.2. The smallest absolute Gasteiger partial charge is 0.255 e. The fraction of sp³-hybridized carbons (Fsp3) is 0.0370. The Morgan fingerprint density at radius 1 is 0.688 bits per heavy atom. The Hall–Kier alpha value is -3.83. The third-order valence-electron chi connectivity index (χ3n) is 5.47. The van der Waals surface area contributed by atoms with Crippen LogP contribution in [-0.2, 0) is 0 Å². The summed E-state index contributed by atoms with van der Waals surface area (Å²) in [6, 6.07) is 30.1. The van der Waals surface area contributed by atoms with Gasteiger partial charge in [-0.15, -0.1) is 0 Å². The lowest BCUT2D eigenvalue weighted by molar-refractivity contribution is 0.102. The molecule has 0 atom stereocenters. The number of ketones is 1. The van der Waals surface area contributed by atoms with Crippen LogP contribution < -0.4 is 10.2 Å². The standard InChI is InChI=1S/C27H20N2O2S/c1-29-22-9-5-6-10-24(22)32-25-17-21(15-16-23(25)29)28-27(31)20-13-11-19(12-14-20)26(30)18-7-3-2-4-8-18/h2-17H,1H3,(H,28,31). The van der Waals surface area contributed by atoms with Gasteiger partial charge in [0.15, 0.2) is 5.78 Å². The molecule has 4 aromatic rings. The molecule has 1 N–H and O–H groups in total. The van der Waals surface area contributed by atoms with Crippen molar-refractivity contribution < 1.29 is 9.59 Å². The summed E-state index contributed by atoms with van der Waals surface area (Å²) in [6.45, 7) is 0. The van der Waals surface area contributed by atoms with Gasteiger partial charge in [0.25, 0.3) is 5.91 Å². The highest BCUT2D eigenvalue weighted by Gasteiger charge is 2.21. The number of fused-ring (bicyclic) bond motifs is 2. The quantitative estimate of drug-likeness (QED) is 0.376. The van der Waals surface area contributed by atoms with Crippen LogP contribution >= 0.6 is 11.8 Å². The van der Waals surface area contributed by atoms with E-state index in [1.165, 1.54) is 10.6 Å². The molecule has 32 heavy (non-hydrogen) atoms. The summed E-state index contributed by atoms with van der Waals surface area (Å²) in [4.78, 5) is 29.8. The van der Waals surface area contributed by atoms with Crippen LogP contribution in [0.1, 0.15) is 26.3 Å². The first kappa shape index (κ1) is 20.1. The Morgan fingerprint density at radius 2 is 1.31 bits per heavy atom. The molecule has 4 aromatic carbocycles. The van der Waals surface area contributed by atoms with E-state index in [1.807, 2.05) is 55.6 Å². The molecule has 0 radical (unpaired) electrons. The number of amides is 1. The third-order valence-corrected chi connectivity index (χ3v) is 6.58. The number of para-hydroxylation sites is 1. The first-order valence-corrected chi connectivity index (χ1v) is 11.1. The summed E-state index contributed by atoms with van der Waals surface area (Å²) >= 11 is 1.70. The summed E-state index contributed by atoms with van der Waals surface area (Å²) in [7, 11) is 2.05. The minimum absolute atomic E-state index is 0.0614. The van der Waals surface area contributed by atoms with Gasteiger partial charge < -0.3 is 10.2 Å². The number of hydrogen-bond acceptors (Lipinski definition) is 4. The van der Waals surface area contributed by atoms with Gasteiger partial charge in [-0.3, -0.25) is 9.59 Å². The minimum Gasteiger partial charge on any atom is -0.343 e. The van der Waals surface area contributed by atoms with Gasteiger partial charge in [-0.2, -0.15) is 0 Å². The fourth-order valence-corrected chi connectivity index (χ4v) is 4.94. The van der Waals surface area contributed by atoms with Gasteiger partial charge in [0.2, 0.25) is 0 Å². The summed E-state index contributed by atoms with van der Waals surface area (Å²) in [5.41, 5.74) is 4.70. The molecule has 0 saturated heterocycles. The van der Waals surface area contributed by atoms with E-state index < -0.39 is 0 Å². The van der Waals surface area contributed by atoms with Crippen molar-refractivity contribution in [2.45, 2.75) is 9.79 Å². The van der Waals surface area contributed by atoms with Gasteiger partial charge in [-0.25, -0.2) is 0 Å². The monoisotopic (exact) mass is 436 g/mol.